The molecule has 4 aromatic rings. The monoisotopic (exact) mass is 386 g/mol. The molecule has 7 nitrogen and oxygen atoms in total. The fraction of sp³-hybridized carbons (Fsp3) is 0.222. The first kappa shape index (κ1) is 16.7. The minimum atomic E-state index is -4.60. The van der Waals surface area contributed by atoms with Crippen LogP contribution in [-0.4, -0.2) is 48.6 Å². The van der Waals surface area contributed by atoms with E-state index in [1.807, 2.05) is 0 Å². The maximum atomic E-state index is 13.2. The van der Waals surface area contributed by atoms with Gasteiger partial charge in [-0.25, -0.2) is 9.97 Å². The van der Waals surface area contributed by atoms with Gasteiger partial charge < -0.3 is 4.90 Å². The molecule has 10 heteroatoms. The van der Waals surface area contributed by atoms with E-state index >= 15 is 0 Å². The van der Waals surface area contributed by atoms with Crippen LogP contribution in [0.4, 0.5) is 13.2 Å². The third-order valence-electron chi connectivity index (χ3n) is 4.81. The van der Waals surface area contributed by atoms with Gasteiger partial charge in [-0.1, -0.05) is 0 Å². The molecule has 0 spiro atoms. The van der Waals surface area contributed by atoms with Gasteiger partial charge in [0.2, 0.25) is 5.82 Å². The van der Waals surface area contributed by atoms with E-state index in [0.717, 1.165) is 23.4 Å². The second-order valence-corrected chi connectivity index (χ2v) is 6.60. The van der Waals surface area contributed by atoms with E-state index < -0.39 is 11.9 Å². The first-order chi connectivity index (χ1) is 13.4. The molecular formula is C18H13F3N6O. The number of carbonyl (C=O) groups is 1. The first-order valence-corrected chi connectivity index (χ1v) is 8.61. The Labute approximate surface area is 155 Å². The Morgan fingerprint density at radius 3 is 2.64 bits per heavy atom. The molecule has 1 saturated heterocycles. The van der Waals surface area contributed by atoms with Crippen molar-refractivity contribution in [2.24, 2.45) is 0 Å². The third-order valence-corrected chi connectivity index (χ3v) is 4.81. The smallest absolute Gasteiger partial charge is 0.336 e. The van der Waals surface area contributed by atoms with Gasteiger partial charge in [-0.2, -0.15) is 18.3 Å². The van der Waals surface area contributed by atoms with Crippen molar-refractivity contribution in [1.82, 2.24) is 29.6 Å². The highest BCUT2D eigenvalue weighted by molar-refractivity contribution is 5.96. The molecule has 142 valence electrons. The number of nitrogens with zero attached hydrogens (tertiary/aromatic N) is 5. The van der Waals surface area contributed by atoms with E-state index in [9.17, 15) is 18.0 Å². The van der Waals surface area contributed by atoms with Crippen LogP contribution in [0.25, 0.3) is 27.8 Å². The van der Waals surface area contributed by atoms with Gasteiger partial charge >= 0.3 is 6.18 Å². The molecule has 1 aliphatic heterocycles. The van der Waals surface area contributed by atoms with Gasteiger partial charge in [0.1, 0.15) is 11.2 Å². The zero-order valence-electron chi connectivity index (χ0n) is 14.4. The number of alkyl halides is 3. The average molecular weight is 386 g/mol. The van der Waals surface area contributed by atoms with Crippen LogP contribution < -0.4 is 0 Å². The van der Waals surface area contributed by atoms with Crippen LogP contribution >= 0.6 is 0 Å². The van der Waals surface area contributed by atoms with E-state index in [1.54, 1.807) is 29.3 Å². The van der Waals surface area contributed by atoms with Gasteiger partial charge in [0.15, 0.2) is 5.65 Å². The molecule has 0 radical (unpaired) electrons. The van der Waals surface area contributed by atoms with Crippen molar-refractivity contribution < 1.29 is 18.0 Å². The summed E-state index contributed by atoms with van der Waals surface area (Å²) in [6, 6.07) is 7.28. The van der Waals surface area contributed by atoms with Crippen LogP contribution in [0.15, 0.2) is 36.5 Å². The van der Waals surface area contributed by atoms with Crippen LogP contribution in [0.2, 0.25) is 0 Å². The lowest BCUT2D eigenvalue weighted by Gasteiger charge is -2.30. The van der Waals surface area contributed by atoms with E-state index in [0.29, 0.717) is 18.8 Å². The molecule has 1 fully saturated rings. The lowest BCUT2D eigenvalue weighted by atomic mass is 10.2. The summed E-state index contributed by atoms with van der Waals surface area (Å²) in [5.41, 5.74) is 0.444. The largest absolute Gasteiger partial charge is 0.433 e. The van der Waals surface area contributed by atoms with Crippen LogP contribution in [-0.2, 0) is 6.18 Å². The van der Waals surface area contributed by atoms with E-state index in [4.69, 9.17) is 0 Å². The number of H-pyrrole nitrogens is 1. The number of carbonyl (C=O) groups excluding carboxylic acids is 1. The maximum Gasteiger partial charge on any atom is 0.433 e. The molecule has 1 aromatic carbocycles. The van der Waals surface area contributed by atoms with Crippen molar-refractivity contribution in [1.29, 1.82) is 0 Å². The van der Waals surface area contributed by atoms with Crippen molar-refractivity contribution >= 4 is 28.0 Å². The van der Waals surface area contributed by atoms with Crippen molar-refractivity contribution in [2.45, 2.75) is 12.6 Å². The Morgan fingerprint density at radius 2 is 1.93 bits per heavy atom. The zero-order valence-corrected chi connectivity index (χ0v) is 14.4. The number of imidazole rings is 1. The summed E-state index contributed by atoms with van der Waals surface area (Å²) in [5.74, 6) is -0.283. The van der Waals surface area contributed by atoms with E-state index in [1.165, 1.54) is 10.6 Å². The molecule has 5 rings (SSSR count). The second kappa shape index (κ2) is 5.78. The average Bonchev–Trinajstić information content (AvgIpc) is 3.22. The predicted molar refractivity (Wildman–Crippen MR) is 94.0 cm³/mol. The molecule has 0 saturated carbocycles. The minimum absolute atomic E-state index is 0.0125. The van der Waals surface area contributed by atoms with Crippen molar-refractivity contribution in [3.8, 4) is 5.69 Å². The zero-order chi connectivity index (χ0) is 19.5. The fourth-order valence-electron chi connectivity index (χ4n) is 3.23. The lowest BCUT2D eigenvalue weighted by molar-refractivity contribution is -0.141. The molecule has 4 heterocycles. The van der Waals surface area contributed by atoms with E-state index in [2.05, 4.69) is 20.2 Å². The highest BCUT2D eigenvalue weighted by Crippen LogP contribution is 2.31. The third kappa shape index (κ3) is 2.52. The topological polar surface area (TPSA) is 79.7 Å². The quantitative estimate of drug-likeness (QED) is 0.574. The van der Waals surface area contributed by atoms with Gasteiger partial charge in [-0.3, -0.25) is 14.5 Å². The van der Waals surface area contributed by atoms with Crippen molar-refractivity contribution in [3.63, 3.8) is 0 Å². The Hall–Kier alpha value is -3.43. The van der Waals surface area contributed by atoms with Crippen LogP contribution in [0.3, 0.4) is 0 Å². The van der Waals surface area contributed by atoms with Crippen molar-refractivity contribution in [2.75, 3.05) is 13.1 Å². The second-order valence-electron chi connectivity index (χ2n) is 6.60. The standard InChI is InChI=1S/C18H13F3N6O/c19-18(20,21)14-5-4-13-15(24-14)27(16(23-13)17(28)26-6-1-7-26)11-2-3-12-10(8-11)9-22-25-12/h2-5,8-9H,1,6-7H2,(H,22,25). The minimum Gasteiger partial charge on any atom is -0.336 e. The van der Waals surface area contributed by atoms with Gasteiger partial charge in [-0.05, 0) is 36.8 Å². The van der Waals surface area contributed by atoms with Gasteiger partial charge in [0, 0.05) is 18.5 Å². The molecule has 1 aliphatic rings. The number of halogens is 3. The fourth-order valence-corrected chi connectivity index (χ4v) is 3.23. The summed E-state index contributed by atoms with van der Waals surface area (Å²) in [6.07, 6.45) is -2.10. The normalized spacial score (nSPS) is 14.6. The Kier molecular flexibility index (Phi) is 3.45. The number of likely N-dealkylation sites (tertiary alicyclic amines) is 1. The summed E-state index contributed by atoms with van der Waals surface area (Å²) < 4.78 is 41.0. The van der Waals surface area contributed by atoms with Gasteiger partial charge in [0.05, 0.1) is 17.4 Å². The summed E-state index contributed by atoms with van der Waals surface area (Å²) >= 11 is 0. The SMILES string of the molecule is O=C(c1nc2ccc(C(F)(F)F)nc2n1-c1ccc2[nH]ncc2c1)N1CCC1. The first-order valence-electron chi connectivity index (χ1n) is 8.61. The van der Waals surface area contributed by atoms with Gasteiger partial charge in [-0.15, -0.1) is 0 Å². The Bertz CT molecular complexity index is 1220. The molecule has 0 bridgehead atoms. The number of amides is 1. The van der Waals surface area contributed by atoms with Crippen LogP contribution in [0, 0.1) is 0 Å². The molecule has 0 unspecified atom stereocenters. The van der Waals surface area contributed by atoms with Crippen LogP contribution in [0.5, 0.6) is 0 Å². The molecule has 0 aliphatic carbocycles. The maximum absolute atomic E-state index is 13.2. The summed E-state index contributed by atoms with van der Waals surface area (Å²) in [4.78, 5) is 22.5. The number of rotatable bonds is 2. The number of pyridine rings is 1. The summed E-state index contributed by atoms with van der Waals surface area (Å²) in [6.45, 7) is 1.20. The predicted octanol–water partition coefficient (Wildman–Crippen LogP) is 3.16. The molecule has 28 heavy (non-hydrogen) atoms. The summed E-state index contributed by atoms with van der Waals surface area (Å²) in [5, 5.41) is 7.53. The van der Waals surface area contributed by atoms with Gasteiger partial charge in [0.25, 0.3) is 5.91 Å². The highest BCUT2D eigenvalue weighted by Gasteiger charge is 2.34. The highest BCUT2D eigenvalue weighted by atomic mass is 19.4. The molecule has 0 atom stereocenters. The number of aromatic nitrogens is 5. The number of aromatic amines is 1. The Morgan fingerprint density at radius 1 is 1.11 bits per heavy atom. The molecule has 1 N–H and O–H groups in total. The summed E-state index contributed by atoms with van der Waals surface area (Å²) in [7, 11) is 0. The van der Waals surface area contributed by atoms with E-state index in [-0.39, 0.29) is 22.9 Å². The molecule has 1 amide bonds. The number of hydrogen-bond acceptors (Lipinski definition) is 4. The van der Waals surface area contributed by atoms with Crippen LogP contribution in [0.1, 0.15) is 22.7 Å². The molecule has 3 aromatic heterocycles. The number of benzene rings is 1. The number of hydrogen-bond donors (Lipinski definition) is 1. The molecular weight excluding hydrogens is 373 g/mol. The van der Waals surface area contributed by atoms with Crippen molar-refractivity contribution in [3.05, 3.63) is 48.0 Å². The number of nitrogens with one attached hydrogen (secondary N) is 1. The lowest BCUT2D eigenvalue weighted by Crippen LogP contribution is -2.43. The number of fused-ring (bicyclic) bond motifs is 2. The Balaban J connectivity index is 1.77.